The molecule has 1 aromatic rings. The molecule has 94 valence electrons. The number of sulfone groups is 1. The smallest absolute Gasteiger partial charge is 0.307 e. The summed E-state index contributed by atoms with van der Waals surface area (Å²) in [5.41, 5.74) is 0.133. The molecule has 0 amide bonds. The molecular weight excluding hydrogens is 267 g/mol. The highest BCUT2D eigenvalue weighted by Crippen LogP contribution is 2.29. The van der Waals surface area contributed by atoms with Crippen LogP contribution in [0.1, 0.15) is 5.56 Å². The summed E-state index contributed by atoms with van der Waals surface area (Å²) in [5.74, 6) is -1.85. The molecule has 1 N–H and O–H groups in total. The van der Waals surface area contributed by atoms with Gasteiger partial charge in [-0.2, -0.15) is 0 Å². The van der Waals surface area contributed by atoms with E-state index in [4.69, 9.17) is 5.11 Å². The first-order valence-electron chi connectivity index (χ1n) is 4.54. The fraction of sp³-hybridized carbons (Fsp3) is 0.300. The van der Waals surface area contributed by atoms with Crippen LogP contribution in [0.15, 0.2) is 21.9 Å². The quantitative estimate of drug-likeness (QED) is 0.847. The van der Waals surface area contributed by atoms with Crippen molar-refractivity contribution in [1.82, 2.24) is 0 Å². The van der Waals surface area contributed by atoms with Crippen LogP contribution in [-0.4, -0.2) is 32.0 Å². The molecule has 0 aliphatic rings. The number of aliphatic carboxylic acids is 1. The van der Waals surface area contributed by atoms with Gasteiger partial charge in [-0.3, -0.25) is 4.79 Å². The Morgan fingerprint density at radius 2 is 2.06 bits per heavy atom. The molecule has 1 aromatic carbocycles. The Kier molecular flexibility index (Phi) is 4.16. The van der Waals surface area contributed by atoms with E-state index in [2.05, 4.69) is 0 Å². The number of halogens is 1. The third-order valence-corrected chi connectivity index (χ3v) is 4.10. The lowest BCUT2D eigenvalue weighted by atomic mass is 10.1. The van der Waals surface area contributed by atoms with Gasteiger partial charge < -0.3 is 5.11 Å². The van der Waals surface area contributed by atoms with E-state index in [1.165, 1.54) is 6.07 Å². The molecule has 0 aliphatic carbocycles. The van der Waals surface area contributed by atoms with Gasteiger partial charge in [0.2, 0.25) is 0 Å². The van der Waals surface area contributed by atoms with E-state index in [9.17, 15) is 17.6 Å². The number of benzene rings is 1. The number of rotatable bonds is 4. The molecule has 0 aliphatic heterocycles. The SMILES string of the molecule is CSc1c(F)cc(CC(=O)O)cc1S(C)(=O)=O. The van der Waals surface area contributed by atoms with Crippen LogP contribution < -0.4 is 0 Å². The maximum absolute atomic E-state index is 13.6. The first-order chi connectivity index (χ1) is 7.75. The van der Waals surface area contributed by atoms with Gasteiger partial charge in [0, 0.05) is 6.26 Å². The van der Waals surface area contributed by atoms with Crippen molar-refractivity contribution >= 4 is 27.6 Å². The molecule has 0 fully saturated rings. The molecule has 0 radical (unpaired) electrons. The Morgan fingerprint density at radius 3 is 2.47 bits per heavy atom. The summed E-state index contributed by atoms with van der Waals surface area (Å²) in [6.07, 6.45) is 2.12. The van der Waals surface area contributed by atoms with Gasteiger partial charge in [-0.05, 0) is 24.0 Å². The first-order valence-corrected chi connectivity index (χ1v) is 7.65. The third-order valence-electron chi connectivity index (χ3n) is 2.03. The third kappa shape index (κ3) is 3.44. The van der Waals surface area contributed by atoms with Crippen LogP contribution in [0, 0.1) is 5.82 Å². The van der Waals surface area contributed by atoms with Crippen LogP contribution in [0.3, 0.4) is 0 Å². The van der Waals surface area contributed by atoms with E-state index < -0.39 is 28.0 Å². The van der Waals surface area contributed by atoms with Crippen LogP contribution in [-0.2, 0) is 21.1 Å². The van der Waals surface area contributed by atoms with E-state index in [0.29, 0.717) is 0 Å². The number of carboxylic acids is 1. The zero-order valence-corrected chi connectivity index (χ0v) is 10.9. The van der Waals surface area contributed by atoms with E-state index in [0.717, 1.165) is 24.1 Å². The number of thioether (sulfide) groups is 1. The predicted molar refractivity (Wildman–Crippen MR) is 62.6 cm³/mol. The van der Waals surface area contributed by atoms with Crippen LogP contribution in [0.2, 0.25) is 0 Å². The Morgan fingerprint density at radius 1 is 1.47 bits per heavy atom. The van der Waals surface area contributed by atoms with E-state index in [-0.39, 0.29) is 15.4 Å². The largest absolute Gasteiger partial charge is 0.481 e. The second-order valence-electron chi connectivity index (χ2n) is 3.45. The van der Waals surface area contributed by atoms with Gasteiger partial charge in [0.05, 0.1) is 16.2 Å². The highest BCUT2D eigenvalue weighted by molar-refractivity contribution is 7.99. The Balaban J connectivity index is 3.44. The zero-order chi connectivity index (χ0) is 13.2. The van der Waals surface area contributed by atoms with Crippen molar-refractivity contribution in [3.05, 3.63) is 23.5 Å². The molecule has 0 heterocycles. The van der Waals surface area contributed by atoms with Crippen LogP contribution in [0.5, 0.6) is 0 Å². The van der Waals surface area contributed by atoms with Crippen LogP contribution in [0.4, 0.5) is 4.39 Å². The molecular formula is C10H11FO4S2. The summed E-state index contributed by atoms with van der Waals surface area (Å²) >= 11 is 0.975. The number of hydrogen-bond acceptors (Lipinski definition) is 4. The van der Waals surface area contributed by atoms with Crippen molar-refractivity contribution in [1.29, 1.82) is 0 Å². The average Bonchev–Trinajstić information content (AvgIpc) is 2.14. The van der Waals surface area contributed by atoms with E-state index >= 15 is 0 Å². The molecule has 0 saturated heterocycles. The normalized spacial score (nSPS) is 11.5. The summed E-state index contributed by atoms with van der Waals surface area (Å²) in [6, 6.07) is 2.26. The fourth-order valence-electron chi connectivity index (χ4n) is 1.37. The van der Waals surface area contributed by atoms with Gasteiger partial charge in [-0.15, -0.1) is 11.8 Å². The monoisotopic (exact) mass is 278 g/mol. The first kappa shape index (κ1) is 14.0. The minimum absolute atomic E-state index is 0.0154. The van der Waals surface area contributed by atoms with Crippen molar-refractivity contribution in [2.24, 2.45) is 0 Å². The van der Waals surface area contributed by atoms with Crippen molar-refractivity contribution in [3.8, 4) is 0 Å². The molecule has 17 heavy (non-hydrogen) atoms. The zero-order valence-electron chi connectivity index (χ0n) is 9.23. The molecule has 0 saturated carbocycles. The molecule has 1 rings (SSSR count). The van der Waals surface area contributed by atoms with Crippen molar-refractivity contribution in [3.63, 3.8) is 0 Å². The van der Waals surface area contributed by atoms with E-state index in [1.54, 1.807) is 6.26 Å². The number of carboxylic acid groups (broad SMARTS) is 1. The summed E-state index contributed by atoms with van der Waals surface area (Å²) in [7, 11) is -3.58. The summed E-state index contributed by atoms with van der Waals surface area (Å²) in [5, 5.41) is 8.60. The Hall–Kier alpha value is -1.08. The molecule has 0 atom stereocenters. The lowest BCUT2D eigenvalue weighted by molar-refractivity contribution is -0.136. The summed E-state index contributed by atoms with van der Waals surface area (Å²) < 4.78 is 36.6. The minimum Gasteiger partial charge on any atom is -0.481 e. The lowest BCUT2D eigenvalue weighted by Gasteiger charge is -2.09. The van der Waals surface area contributed by atoms with Crippen molar-refractivity contribution < 1.29 is 22.7 Å². The molecule has 7 heteroatoms. The van der Waals surface area contributed by atoms with Crippen LogP contribution in [0.25, 0.3) is 0 Å². The van der Waals surface area contributed by atoms with Gasteiger partial charge in [0.1, 0.15) is 5.82 Å². The summed E-state index contributed by atoms with van der Waals surface area (Å²) in [4.78, 5) is 10.4. The molecule has 0 spiro atoms. The predicted octanol–water partition coefficient (Wildman–Crippen LogP) is 1.58. The summed E-state index contributed by atoms with van der Waals surface area (Å²) in [6.45, 7) is 0. The van der Waals surface area contributed by atoms with Crippen LogP contribution >= 0.6 is 11.8 Å². The fourth-order valence-corrected chi connectivity index (χ4v) is 3.39. The van der Waals surface area contributed by atoms with Gasteiger partial charge in [-0.1, -0.05) is 0 Å². The highest BCUT2D eigenvalue weighted by atomic mass is 32.2. The lowest BCUT2D eigenvalue weighted by Crippen LogP contribution is -2.06. The van der Waals surface area contributed by atoms with Crippen molar-refractivity contribution in [2.75, 3.05) is 12.5 Å². The second-order valence-corrected chi connectivity index (χ2v) is 6.25. The van der Waals surface area contributed by atoms with Gasteiger partial charge in [-0.25, -0.2) is 12.8 Å². The topological polar surface area (TPSA) is 71.4 Å². The van der Waals surface area contributed by atoms with E-state index in [1.807, 2.05) is 0 Å². The minimum atomic E-state index is -3.58. The molecule has 4 nitrogen and oxygen atoms in total. The Bertz CT molecular complexity index is 552. The molecule has 0 bridgehead atoms. The number of carbonyl (C=O) groups is 1. The maximum atomic E-state index is 13.6. The highest BCUT2D eigenvalue weighted by Gasteiger charge is 2.19. The maximum Gasteiger partial charge on any atom is 0.307 e. The number of hydrogen-bond donors (Lipinski definition) is 1. The van der Waals surface area contributed by atoms with Crippen molar-refractivity contribution in [2.45, 2.75) is 16.2 Å². The second kappa shape index (κ2) is 5.05. The van der Waals surface area contributed by atoms with Gasteiger partial charge >= 0.3 is 5.97 Å². The average molecular weight is 278 g/mol. The molecule has 0 unspecified atom stereocenters. The van der Waals surface area contributed by atoms with Gasteiger partial charge in [0.25, 0.3) is 0 Å². The van der Waals surface area contributed by atoms with Gasteiger partial charge in [0.15, 0.2) is 9.84 Å². The standard InChI is InChI=1S/C10H11FO4S2/c1-16-10-7(11)3-6(5-9(12)13)4-8(10)17(2,14)15/h3-4H,5H2,1-2H3,(H,12,13). The Labute approximate surface area is 103 Å². The molecule has 0 aromatic heterocycles.